The summed E-state index contributed by atoms with van der Waals surface area (Å²) in [4.78, 5) is 6.20. The largest absolute Gasteiger partial charge is 0.310 e. The smallest absolute Gasteiger partial charge is 0.0854 e. The van der Waals surface area contributed by atoms with Gasteiger partial charge in [0, 0.05) is 18.0 Å². The highest BCUT2D eigenvalue weighted by Gasteiger charge is 2.11. The molecule has 3 rings (SSSR count). The number of aromatic nitrogens is 1. The zero-order valence-corrected chi connectivity index (χ0v) is 13.5. The minimum absolute atomic E-state index is 0.467. The van der Waals surface area contributed by atoms with E-state index >= 15 is 0 Å². The molecule has 3 aromatic rings. The SMILES string of the molecule is Cc1cccc2cc(CNC(C)C)c(-c3cccs3)nc12. The predicted molar refractivity (Wildman–Crippen MR) is 91.8 cm³/mol. The highest BCUT2D eigenvalue weighted by Crippen LogP contribution is 2.30. The van der Waals surface area contributed by atoms with Gasteiger partial charge in [-0.15, -0.1) is 11.3 Å². The maximum atomic E-state index is 4.97. The topological polar surface area (TPSA) is 24.9 Å². The molecule has 2 heterocycles. The lowest BCUT2D eigenvalue weighted by molar-refractivity contribution is 0.589. The van der Waals surface area contributed by atoms with Gasteiger partial charge >= 0.3 is 0 Å². The van der Waals surface area contributed by atoms with Gasteiger partial charge in [0.1, 0.15) is 0 Å². The lowest BCUT2D eigenvalue weighted by Crippen LogP contribution is -2.22. The van der Waals surface area contributed by atoms with Gasteiger partial charge in [-0.05, 0) is 35.6 Å². The summed E-state index contributed by atoms with van der Waals surface area (Å²) in [6, 6.07) is 13.4. The van der Waals surface area contributed by atoms with Crippen molar-refractivity contribution in [3.63, 3.8) is 0 Å². The molecule has 0 unspecified atom stereocenters. The summed E-state index contributed by atoms with van der Waals surface area (Å²) in [5.74, 6) is 0. The number of hydrogen-bond acceptors (Lipinski definition) is 3. The number of pyridine rings is 1. The van der Waals surface area contributed by atoms with Crippen LogP contribution in [0.15, 0.2) is 41.8 Å². The number of hydrogen-bond donors (Lipinski definition) is 1. The molecule has 108 valence electrons. The molecule has 3 heteroatoms. The summed E-state index contributed by atoms with van der Waals surface area (Å²) in [6.45, 7) is 7.31. The molecule has 0 spiro atoms. The quantitative estimate of drug-likeness (QED) is 0.750. The van der Waals surface area contributed by atoms with E-state index in [9.17, 15) is 0 Å². The van der Waals surface area contributed by atoms with Gasteiger partial charge in [0.2, 0.25) is 0 Å². The first kappa shape index (κ1) is 14.2. The molecule has 1 N–H and O–H groups in total. The van der Waals surface area contributed by atoms with E-state index in [0.29, 0.717) is 6.04 Å². The third-order valence-electron chi connectivity index (χ3n) is 3.58. The molecular formula is C18H20N2S. The number of para-hydroxylation sites is 1. The highest BCUT2D eigenvalue weighted by molar-refractivity contribution is 7.13. The van der Waals surface area contributed by atoms with Crippen molar-refractivity contribution < 1.29 is 0 Å². The predicted octanol–water partition coefficient (Wildman–Crippen LogP) is 4.77. The molecule has 0 bridgehead atoms. The van der Waals surface area contributed by atoms with Crippen molar-refractivity contribution in [3.05, 3.63) is 52.9 Å². The van der Waals surface area contributed by atoms with Crippen molar-refractivity contribution in [1.82, 2.24) is 10.3 Å². The van der Waals surface area contributed by atoms with Crippen molar-refractivity contribution in [2.45, 2.75) is 33.4 Å². The molecule has 2 nitrogen and oxygen atoms in total. The zero-order chi connectivity index (χ0) is 14.8. The summed E-state index contributed by atoms with van der Waals surface area (Å²) in [5.41, 5.74) is 4.71. The van der Waals surface area contributed by atoms with E-state index in [1.807, 2.05) is 0 Å². The molecule has 0 saturated carbocycles. The summed E-state index contributed by atoms with van der Waals surface area (Å²) < 4.78 is 0. The van der Waals surface area contributed by atoms with Crippen LogP contribution in [-0.2, 0) is 6.54 Å². The normalized spacial score (nSPS) is 11.4. The van der Waals surface area contributed by atoms with Crippen molar-refractivity contribution in [3.8, 4) is 10.6 Å². The van der Waals surface area contributed by atoms with Crippen LogP contribution in [0, 0.1) is 6.92 Å². The molecule has 0 fully saturated rings. The molecule has 2 aromatic heterocycles. The molecule has 0 amide bonds. The summed E-state index contributed by atoms with van der Waals surface area (Å²) in [5, 5.41) is 6.84. The van der Waals surface area contributed by atoms with Gasteiger partial charge in [-0.2, -0.15) is 0 Å². The Bertz CT molecular complexity index is 745. The summed E-state index contributed by atoms with van der Waals surface area (Å²) in [6.07, 6.45) is 0. The first-order valence-corrected chi connectivity index (χ1v) is 8.19. The van der Waals surface area contributed by atoms with Crippen LogP contribution in [0.5, 0.6) is 0 Å². The van der Waals surface area contributed by atoms with Gasteiger partial charge in [-0.1, -0.05) is 38.1 Å². The van der Waals surface area contributed by atoms with Gasteiger partial charge in [0.15, 0.2) is 0 Å². The van der Waals surface area contributed by atoms with Crippen LogP contribution in [0.25, 0.3) is 21.5 Å². The Morgan fingerprint density at radius 3 is 2.76 bits per heavy atom. The minimum Gasteiger partial charge on any atom is -0.310 e. The molecule has 21 heavy (non-hydrogen) atoms. The van der Waals surface area contributed by atoms with Crippen LogP contribution in [0.4, 0.5) is 0 Å². The van der Waals surface area contributed by atoms with E-state index < -0.39 is 0 Å². The monoisotopic (exact) mass is 296 g/mol. The Morgan fingerprint density at radius 2 is 2.05 bits per heavy atom. The van der Waals surface area contributed by atoms with Gasteiger partial charge in [0.25, 0.3) is 0 Å². The second-order valence-electron chi connectivity index (χ2n) is 5.66. The maximum absolute atomic E-state index is 4.97. The van der Waals surface area contributed by atoms with Crippen LogP contribution in [0.1, 0.15) is 25.0 Å². The second-order valence-corrected chi connectivity index (χ2v) is 6.60. The maximum Gasteiger partial charge on any atom is 0.0854 e. The van der Waals surface area contributed by atoms with Crippen molar-refractivity contribution in [1.29, 1.82) is 0 Å². The van der Waals surface area contributed by atoms with Crippen molar-refractivity contribution in [2.24, 2.45) is 0 Å². The first-order valence-electron chi connectivity index (χ1n) is 7.31. The Kier molecular flexibility index (Phi) is 4.04. The Morgan fingerprint density at radius 1 is 1.19 bits per heavy atom. The van der Waals surface area contributed by atoms with E-state index in [4.69, 9.17) is 4.98 Å². The molecule has 0 radical (unpaired) electrons. The number of benzene rings is 1. The lowest BCUT2D eigenvalue weighted by atomic mass is 10.1. The Hall–Kier alpha value is -1.71. The third kappa shape index (κ3) is 2.99. The molecule has 0 aliphatic carbocycles. The van der Waals surface area contributed by atoms with Crippen molar-refractivity contribution >= 4 is 22.2 Å². The minimum atomic E-state index is 0.467. The fourth-order valence-corrected chi connectivity index (χ4v) is 3.22. The van der Waals surface area contributed by atoms with Gasteiger partial charge in [-0.3, -0.25) is 0 Å². The fraction of sp³-hybridized carbons (Fsp3) is 0.278. The number of thiophene rings is 1. The number of fused-ring (bicyclic) bond motifs is 1. The number of nitrogens with one attached hydrogen (secondary N) is 1. The molecule has 0 aliphatic heterocycles. The molecular weight excluding hydrogens is 276 g/mol. The van der Waals surface area contributed by atoms with Gasteiger partial charge in [-0.25, -0.2) is 4.98 Å². The standard InChI is InChI=1S/C18H20N2S/c1-12(2)19-11-15-10-14-7-4-6-13(3)17(14)20-18(15)16-8-5-9-21-16/h4-10,12,19H,11H2,1-3H3. The van der Waals surface area contributed by atoms with E-state index in [1.54, 1.807) is 11.3 Å². The molecule has 0 saturated heterocycles. The second kappa shape index (κ2) is 5.96. The molecule has 0 atom stereocenters. The van der Waals surface area contributed by atoms with Gasteiger partial charge < -0.3 is 5.32 Å². The Balaban J connectivity index is 2.16. The fourth-order valence-electron chi connectivity index (χ4n) is 2.47. The number of nitrogens with zero attached hydrogens (tertiary/aromatic N) is 1. The number of aryl methyl sites for hydroxylation is 1. The lowest BCUT2D eigenvalue weighted by Gasteiger charge is -2.13. The van der Waals surface area contributed by atoms with E-state index in [0.717, 1.165) is 17.8 Å². The van der Waals surface area contributed by atoms with E-state index in [-0.39, 0.29) is 0 Å². The zero-order valence-electron chi connectivity index (χ0n) is 12.7. The third-order valence-corrected chi connectivity index (χ3v) is 4.46. The molecule has 0 aliphatic rings. The Labute approximate surface area is 129 Å². The van der Waals surface area contributed by atoms with Crippen LogP contribution in [0.2, 0.25) is 0 Å². The average Bonchev–Trinajstić information content (AvgIpc) is 2.98. The van der Waals surface area contributed by atoms with Crippen molar-refractivity contribution in [2.75, 3.05) is 0 Å². The first-order chi connectivity index (χ1) is 10.1. The van der Waals surface area contributed by atoms with Crippen LogP contribution >= 0.6 is 11.3 Å². The van der Waals surface area contributed by atoms with E-state index in [2.05, 4.69) is 67.9 Å². The van der Waals surface area contributed by atoms with Crippen LogP contribution in [0.3, 0.4) is 0 Å². The molecule has 1 aromatic carbocycles. The van der Waals surface area contributed by atoms with Gasteiger partial charge in [0.05, 0.1) is 16.1 Å². The number of rotatable bonds is 4. The highest BCUT2D eigenvalue weighted by atomic mass is 32.1. The van der Waals surface area contributed by atoms with E-state index in [1.165, 1.54) is 21.4 Å². The van der Waals surface area contributed by atoms with Crippen LogP contribution in [-0.4, -0.2) is 11.0 Å². The summed E-state index contributed by atoms with van der Waals surface area (Å²) in [7, 11) is 0. The van der Waals surface area contributed by atoms with Crippen LogP contribution < -0.4 is 5.32 Å². The average molecular weight is 296 g/mol. The summed E-state index contributed by atoms with van der Waals surface area (Å²) >= 11 is 1.75.